The van der Waals surface area contributed by atoms with Gasteiger partial charge in [-0.05, 0) is 17.7 Å². The summed E-state index contributed by atoms with van der Waals surface area (Å²) in [4.78, 5) is 6.17. The Morgan fingerprint density at radius 2 is 1.53 bits per heavy atom. The van der Waals surface area contributed by atoms with Gasteiger partial charge in [-0.25, -0.2) is 0 Å². The van der Waals surface area contributed by atoms with Crippen molar-refractivity contribution in [3.63, 3.8) is 0 Å². The third kappa shape index (κ3) is 2.90. The van der Waals surface area contributed by atoms with E-state index in [4.69, 9.17) is 0 Å². The lowest BCUT2D eigenvalue weighted by molar-refractivity contribution is 0.409. The second-order valence-corrected chi connectivity index (χ2v) is 3.42. The average Bonchev–Trinajstić information content (AvgIpc) is 2.42. The molecule has 4 nitrogen and oxygen atoms in total. The predicted molar refractivity (Wildman–Crippen MR) is 56.5 cm³/mol. The van der Waals surface area contributed by atoms with Gasteiger partial charge in [-0.3, -0.25) is 4.98 Å². The monoisotopic (exact) mass is 270 g/mol. The molecule has 2 aromatic rings. The van der Waals surface area contributed by atoms with Gasteiger partial charge in [0.2, 0.25) is 11.6 Å². The van der Waals surface area contributed by atoms with Crippen LogP contribution in [0.1, 0.15) is 5.56 Å². The lowest BCUT2D eigenvalue weighted by atomic mass is 10.3. The SMILES string of the molecule is Fc1nc(F)c(F)c(N=NCc2ccncc2)c1F. The Hall–Kier alpha value is -2.38. The second kappa shape index (κ2) is 5.51. The highest BCUT2D eigenvalue weighted by atomic mass is 19.2. The normalized spacial score (nSPS) is 11.2. The van der Waals surface area contributed by atoms with E-state index in [1.807, 2.05) is 0 Å². The van der Waals surface area contributed by atoms with Crippen molar-refractivity contribution in [2.24, 2.45) is 10.2 Å². The van der Waals surface area contributed by atoms with Gasteiger partial charge in [0.05, 0.1) is 6.54 Å². The molecule has 0 fully saturated rings. The molecule has 0 N–H and O–H groups in total. The molecule has 0 aliphatic heterocycles. The molecule has 0 unspecified atom stereocenters. The van der Waals surface area contributed by atoms with Gasteiger partial charge < -0.3 is 0 Å². The van der Waals surface area contributed by atoms with Crippen LogP contribution >= 0.6 is 0 Å². The highest BCUT2D eigenvalue weighted by Gasteiger charge is 2.20. The number of hydrogen-bond acceptors (Lipinski definition) is 4. The fourth-order valence-corrected chi connectivity index (χ4v) is 1.24. The van der Waals surface area contributed by atoms with Crippen LogP contribution in [0, 0.1) is 23.5 Å². The number of pyridine rings is 2. The van der Waals surface area contributed by atoms with Crippen LogP contribution in [0.2, 0.25) is 0 Å². The van der Waals surface area contributed by atoms with E-state index in [0.717, 1.165) is 0 Å². The summed E-state index contributed by atoms with van der Waals surface area (Å²) >= 11 is 0. The van der Waals surface area contributed by atoms with E-state index in [9.17, 15) is 17.6 Å². The summed E-state index contributed by atoms with van der Waals surface area (Å²) in [6, 6.07) is 3.22. The highest BCUT2D eigenvalue weighted by molar-refractivity contribution is 5.38. The van der Waals surface area contributed by atoms with Crippen molar-refractivity contribution in [2.45, 2.75) is 6.54 Å². The van der Waals surface area contributed by atoms with Crippen molar-refractivity contribution < 1.29 is 17.6 Å². The second-order valence-electron chi connectivity index (χ2n) is 3.42. The summed E-state index contributed by atoms with van der Waals surface area (Å²) in [5.41, 5.74) is -0.464. The zero-order valence-corrected chi connectivity index (χ0v) is 9.32. The van der Waals surface area contributed by atoms with Crippen LogP contribution in [0.25, 0.3) is 0 Å². The fourth-order valence-electron chi connectivity index (χ4n) is 1.24. The third-order valence-corrected chi connectivity index (χ3v) is 2.15. The van der Waals surface area contributed by atoms with Gasteiger partial charge >= 0.3 is 0 Å². The molecular weight excluding hydrogens is 264 g/mol. The molecule has 0 radical (unpaired) electrons. The molecule has 0 saturated heterocycles. The molecule has 0 aliphatic rings. The van der Waals surface area contributed by atoms with Crippen LogP contribution in [0.3, 0.4) is 0 Å². The Kier molecular flexibility index (Phi) is 3.79. The minimum atomic E-state index is -1.77. The van der Waals surface area contributed by atoms with Crippen LogP contribution in [0.15, 0.2) is 34.8 Å². The molecule has 2 rings (SSSR count). The number of rotatable bonds is 3. The average molecular weight is 270 g/mol. The van der Waals surface area contributed by atoms with Gasteiger partial charge in [0.1, 0.15) is 0 Å². The molecule has 0 atom stereocenters. The molecule has 0 bridgehead atoms. The van der Waals surface area contributed by atoms with Gasteiger partial charge in [-0.1, -0.05) is 0 Å². The molecule has 0 aromatic carbocycles. The number of nitrogens with zero attached hydrogens (tertiary/aromatic N) is 4. The minimum absolute atomic E-state index is 0.00698. The van der Waals surface area contributed by atoms with E-state index in [0.29, 0.717) is 5.56 Å². The molecule has 0 spiro atoms. The zero-order valence-electron chi connectivity index (χ0n) is 9.32. The van der Waals surface area contributed by atoms with Crippen molar-refractivity contribution in [1.29, 1.82) is 0 Å². The number of hydrogen-bond donors (Lipinski definition) is 0. The van der Waals surface area contributed by atoms with Crippen LogP contribution in [-0.2, 0) is 6.54 Å². The maximum atomic E-state index is 13.2. The van der Waals surface area contributed by atoms with E-state index in [1.54, 1.807) is 12.1 Å². The summed E-state index contributed by atoms with van der Waals surface area (Å²) in [6.45, 7) is -0.00698. The van der Waals surface area contributed by atoms with E-state index in [2.05, 4.69) is 20.2 Å². The molecule has 2 heterocycles. The molecule has 0 aliphatic carbocycles. The number of aromatic nitrogens is 2. The quantitative estimate of drug-likeness (QED) is 0.488. The highest BCUT2D eigenvalue weighted by Crippen LogP contribution is 2.25. The van der Waals surface area contributed by atoms with Gasteiger partial charge in [-0.15, -0.1) is 5.11 Å². The summed E-state index contributed by atoms with van der Waals surface area (Å²) < 4.78 is 51.9. The van der Waals surface area contributed by atoms with Gasteiger partial charge in [0.15, 0.2) is 5.69 Å². The van der Waals surface area contributed by atoms with Crippen molar-refractivity contribution in [3.05, 3.63) is 53.6 Å². The Bertz CT molecular complexity index is 590. The van der Waals surface area contributed by atoms with E-state index < -0.39 is 29.2 Å². The van der Waals surface area contributed by atoms with Crippen LogP contribution in [-0.4, -0.2) is 9.97 Å². The summed E-state index contributed by atoms with van der Waals surface area (Å²) in [6.07, 6.45) is 3.00. The molecular formula is C11H6F4N4. The number of halogens is 4. The molecule has 8 heteroatoms. The van der Waals surface area contributed by atoms with E-state index >= 15 is 0 Å². The molecule has 98 valence electrons. The van der Waals surface area contributed by atoms with Crippen LogP contribution in [0.5, 0.6) is 0 Å². The largest absolute Gasteiger partial charge is 0.265 e. The summed E-state index contributed by atoms with van der Waals surface area (Å²) in [5, 5.41) is 6.63. The van der Waals surface area contributed by atoms with Crippen LogP contribution in [0.4, 0.5) is 23.2 Å². The molecule has 0 amide bonds. The van der Waals surface area contributed by atoms with Crippen LogP contribution < -0.4 is 0 Å². The minimum Gasteiger partial charge on any atom is -0.265 e. The lowest BCUT2D eigenvalue weighted by Crippen LogP contribution is -1.99. The fraction of sp³-hybridized carbons (Fsp3) is 0.0909. The standard InChI is InChI=1S/C11H6F4N4/c12-7-9(8(13)11(15)18-10(7)14)19-17-5-6-1-3-16-4-2-6/h1-4H,5H2. The topological polar surface area (TPSA) is 50.5 Å². The van der Waals surface area contributed by atoms with Crippen molar-refractivity contribution in [2.75, 3.05) is 0 Å². The van der Waals surface area contributed by atoms with Crippen molar-refractivity contribution >= 4 is 5.69 Å². The smallest absolute Gasteiger partial charge is 0.254 e. The third-order valence-electron chi connectivity index (χ3n) is 2.15. The maximum absolute atomic E-state index is 13.2. The van der Waals surface area contributed by atoms with E-state index in [1.165, 1.54) is 12.4 Å². The van der Waals surface area contributed by atoms with Crippen molar-refractivity contribution in [3.8, 4) is 0 Å². The number of azo groups is 1. The predicted octanol–water partition coefficient (Wildman–Crippen LogP) is 3.32. The molecule has 0 saturated carbocycles. The van der Waals surface area contributed by atoms with Gasteiger partial charge in [0, 0.05) is 12.4 Å². The first-order chi connectivity index (χ1) is 9.09. The summed E-state index contributed by atoms with van der Waals surface area (Å²) in [7, 11) is 0. The summed E-state index contributed by atoms with van der Waals surface area (Å²) in [5.74, 6) is -6.90. The van der Waals surface area contributed by atoms with Gasteiger partial charge in [-0.2, -0.15) is 27.7 Å². The first-order valence-electron chi connectivity index (χ1n) is 5.06. The Balaban J connectivity index is 2.24. The van der Waals surface area contributed by atoms with E-state index in [-0.39, 0.29) is 6.54 Å². The lowest BCUT2D eigenvalue weighted by Gasteiger charge is -1.99. The zero-order chi connectivity index (χ0) is 13.8. The molecule has 19 heavy (non-hydrogen) atoms. The van der Waals surface area contributed by atoms with Crippen molar-refractivity contribution in [1.82, 2.24) is 9.97 Å². The Morgan fingerprint density at radius 1 is 0.947 bits per heavy atom. The van der Waals surface area contributed by atoms with Gasteiger partial charge in [0.25, 0.3) is 11.9 Å². The first kappa shape index (κ1) is 13.1. The molecule has 2 aromatic heterocycles. The first-order valence-corrected chi connectivity index (χ1v) is 5.06. The Labute approximate surface area is 104 Å². The Morgan fingerprint density at radius 3 is 2.11 bits per heavy atom. The maximum Gasteiger partial charge on any atom is 0.254 e.